The van der Waals surface area contributed by atoms with Crippen LogP contribution in [0.15, 0.2) is 48.5 Å². The second-order valence-corrected chi connectivity index (χ2v) is 5.11. The van der Waals surface area contributed by atoms with Crippen molar-refractivity contribution in [1.82, 2.24) is 0 Å². The first-order valence-corrected chi connectivity index (χ1v) is 6.52. The molecule has 0 heterocycles. The molecule has 2 N–H and O–H groups in total. The molecule has 98 valence electrons. The normalized spacial score (nSPS) is 21.7. The Morgan fingerprint density at radius 2 is 1.79 bits per heavy atom. The standard InChI is InChI=1S/C16H16FNO/c17-13-3-1-2-11(8-13)12-9-15(10-12)18-14-4-6-16(19)7-5-14/h1-8,12,15,18-19H,9-10H2. The van der Waals surface area contributed by atoms with Crippen LogP contribution in [0.25, 0.3) is 0 Å². The monoisotopic (exact) mass is 257 g/mol. The maximum atomic E-state index is 13.1. The predicted molar refractivity (Wildman–Crippen MR) is 73.9 cm³/mol. The SMILES string of the molecule is Oc1ccc(NC2CC(c3cccc(F)c3)C2)cc1. The summed E-state index contributed by atoms with van der Waals surface area (Å²) in [5, 5.41) is 12.6. The van der Waals surface area contributed by atoms with Gasteiger partial charge in [0.1, 0.15) is 11.6 Å². The average Bonchev–Trinajstić information content (AvgIpc) is 2.35. The summed E-state index contributed by atoms with van der Waals surface area (Å²) in [5.41, 5.74) is 2.10. The van der Waals surface area contributed by atoms with Crippen LogP contribution in [-0.2, 0) is 0 Å². The number of phenols is 1. The third kappa shape index (κ3) is 2.70. The maximum Gasteiger partial charge on any atom is 0.123 e. The first-order valence-electron chi connectivity index (χ1n) is 6.52. The van der Waals surface area contributed by atoms with Crippen molar-refractivity contribution in [1.29, 1.82) is 0 Å². The fourth-order valence-electron chi connectivity index (χ4n) is 2.56. The Hall–Kier alpha value is -2.03. The highest BCUT2D eigenvalue weighted by atomic mass is 19.1. The van der Waals surface area contributed by atoms with Gasteiger partial charge in [0.05, 0.1) is 0 Å². The summed E-state index contributed by atoms with van der Waals surface area (Å²) in [7, 11) is 0. The van der Waals surface area contributed by atoms with E-state index in [-0.39, 0.29) is 11.6 Å². The molecule has 0 bridgehead atoms. The van der Waals surface area contributed by atoms with E-state index < -0.39 is 0 Å². The molecule has 0 unspecified atom stereocenters. The molecule has 0 amide bonds. The van der Waals surface area contributed by atoms with Crippen molar-refractivity contribution in [2.45, 2.75) is 24.8 Å². The Kier molecular flexibility index (Phi) is 3.11. The number of benzene rings is 2. The summed E-state index contributed by atoms with van der Waals surface area (Å²) in [4.78, 5) is 0. The summed E-state index contributed by atoms with van der Waals surface area (Å²) < 4.78 is 13.1. The van der Waals surface area contributed by atoms with Crippen LogP contribution in [0.2, 0.25) is 0 Å². The summed E-state index contributed by atoms with van der Waals surface area (Å²) in [5.74, 6) is 0.564. The summed E-state index contributed by atoms with van der Waals surface area (Å²) in [6.07, 6.45) is 2.04. The van der Waals surface area contributed by atoms with Crippen LogP contribution in [0, 0.1) is 5.82 Å². The molecule has 1 saturated carbocycles. The topological polar surface area (TPSA) is 32.3 Å². The average molecular weight is 257 g/mol. The molecule has 1 aliphatic carbocycles. The van der Waals surface area contributed by atoms with Gasteiger partial charge in [-0.25, -0.2) is 4.39 Å². The van der Waals surface area contributed by atoms with Crippen molar-refractivity contribution in [3.63, 3.8) is 0 Å². The van der Waals surface area contributed by atoms with E-state index in [1.54, 1.807) is 24.3 Å². The van der Waals surface area contributed by atoms with Crippen molar-refractivity contribution >= 4 is 5.69 Å². The van der Waals surface area contributed by atoms with Crippen molar-refractivity contribution in [2.24, 2.45) is 0 Å². The smallest absolute Gasteiger partial charge is 0.123 e. The summed E-state index contributed by atoms with van der Waals surface area (Å²) >= 11 is 0. The van der Waals surface area contributed by atoms with Gasteiger partial charge >= 0.3 is 0 Å². The number of rotatable bonds is 3. The lowest BCUT2D eigenvalue weighted by Gasteiger charge is -2.37. The number of halogens is 1. The minimum absolute atomic E-state index is 0.160. The number of anilines is 1. The molecule has 0 aliphatic heterocycles. The largest absolute Gasteiger partial charge is 0.508 e. The molecule has 2 aromatic carbocycles. The second-order valence-electron chi connectivity index (χ2n) is 5.11. The van der Waals surface area contributed by atoms with E-state index in [4.69, 9.17) is 0 Å². The third-order valence-electron chi connectivity index (χ3n) is 3.70. The number of hydrogen-bond donors (Lipinski definition) is 2. The predicted octanol–water partition coefficient (Wildman–Crippen LogP) is 3.89. The van der Waals surface area contributed by atoms with Crippen molar-refractivity contribution < 1.29 is 9.50 Å². The van der Waals surface area contributed by atoms with E-state index in [1.807, 2.05) is 18.2 Å². The molecule has 0 saturated heterocycles. The molecule has 1 aliphatic rings. The Labute approximate surface area is 111 Å². The molecule has 0 spiro atoms. The van der Waals surface area contributed by atoms with Gasteiger partial charge in [-0.2, -0.15) is 0 Å². The molecule has 1 fully saturated rings. The molecule has 0 radical (unpaired) electrons. The molecule has 3 rings (SSSR count). The fraction of sp³-hybridized carbons (Fsp3) is 0.250. The zero-order valence-corrected chi connectivity index (χ0v) is 10.5. The lowest BCUT2D eigenvalue weighted by Crippen LogP contribution is -2.33. The van der Waals surface area contributed by atoms with E-state index in [1.165, 1.54) is 6.07 Å². The van der Waals surface area contributed by atoms with E-state index in [9.17, 15) is 9.50 Å². The number of phenolic OH excluding ortho intramolecular Hbond substituents is 1. The molecule has 19 heavy (non-hydrogen) atoms. The molecular formula is C16H16FNO. The highest BCUT2D eigenvalue weighted by molar-refractivity contribution is 5.47. The van der Waals surface area contributed by atoms with E-state index >= 15 is 0 Å². The quantitative estimate of drug-likeness (QED) is 0.818. The first kappa shape index (κ1) is 12.0. The third-order valence-corrected chi connectivity index (χ3v) is 3.70. The van der Waals surface area contributed by atoms with Gasteiger partial charge in [-0.05, 0) is 60.7 Å². The molecule has 0 atom stereocenters. The van der Waals surface area contributed by atoms with Gasteiger partial charge in [-0.15, -0.1) is 0 Å². The van der Waals surface area contributed by atoms with Gasteiger partial charge in [0.25, 0.3) is 0 Å². The van der Waals surface area contributed by atoms with Crippen LogP contribution in [0.5, 0.6) is 5.75 Å². The van der Waals surface area contributed by atoms with Gasteiger partial charge in [-0.3, -0.25) is 0 Å². The number of hydrogen-bond acceptors (Lipinski definition) is 2. The van der Waals surface area contributed by atoms with Crippen LogP contribution in [0.1, 0.15) is 24.3 Å². The van der Waals surface area contributed by atoms with Gasteiger partial charge in [0.15, 0.2) is 0 Å². The Bertz CT molecular complexity index is 561. The van der Waals surface area contributed by atoms with Gasteiger partial charge in [0.2, 0.25) is 0 Å². The van der Waals surface area contributed by atoms with Gasteiger partial charge in [0, 0.05) is 11.7 Å². The Morgan fingerprint density at radius 3 is 2.47 bits per heavy atom. The van der Waals surface area contributed by atoms with Gasteiger partial charge < -0.3 is 10.4 Å². The molecule has 2 nitrogen and oxygen atoms in total. The molecule has 0 aromatic heterocycles. The zero-order chi connectivity index (χ0) is 13.2. The summed E-state index contributed by atoms with van der Waals surface area (Å²) in [6, 6.07) is 14.4. The molecule has 3 heteroatoms. The minimum Gasteiger partial charge on any atom is -0.508 e. The zero-order valence-electron chi connectivity index (χ0n) is 10.5. The van der Waals surface area contributed by atoms with Crippen LogP contribution in [0.3, 0.4) is 0 Å². The second kappa shape index (κ2) is 4.92. The van der Waals surface area contributed by atoms with E-state index in [2.05, 4.69) is 5.32 Å². The molecule has 2 aromatic rings. The Balaban J connectivity index is 1.57. The van der Waals surface area contributed by atoms with E-state index in [0.29, 0.717) is 12.0 Å². The Morgan fingerprint density at radius 1 is 1.05 bits per heavy atom. The fourth-order valence-corrected chi connectivity index (χ4v) is 2.56. The lowest BCUT2D eigenvalue weighted by atomic mass is 9.76. The highest BCUT2D eigenvalue weighted by Gasteiger charge is 2.30. The maximum absolute atomic E-state index is 13.1. The van der Waals surface area contributed by atoms with Crippen LogP contribution >= 0.6 is 0 Å². The van der Waals surface area contributed by atoms with Crippen molar-refractivity contribution in [3.8, 4) is 5.75 Å². The first-order chi connectivity index (χ1) is 9.20. The highest BCUT2D eigenvalue weighted by Crippen LogP contribution is 2.38. The van der Waals surface area contributed by atoms with Crippen molar-refractivity contribution in [3.05, 3.63) is 59.9 Å². The van der Waals surface area contributed by atoms with E-state index in [0.717, 1.165) is 24.1 Å². The van der Waals surface area contributed by atoms with Crippen LogP contribution < -0.4 is 5.32 Å². The van der Waals surface area contributed by atoms with Crippen LogP contribution in [-0.4, -0.2) is 11.1 Å². The number of nitrogens with one attached hydrogen (secondary N) is 1. The summed E-state index contributed by atoms with van der Waals surface area (Å²) in [6.45, 7) is 0. The minimum atomic E-state index is -0.160. The van der Waals surface area contributed by atoms with Gasteiger partial charge in [-0.1, -0.05) is 12.1 Å². The lowest BCUT2D eigenvalue weighted by molar-refractivity contribution is 0.373. The number of aromatic hydroxyl groups is 1. The van der Waals surface area contributed by atoms with Crippen LogP contribution in [0.4, 0.5) is 10.1 Å². The van der Waals surface area contributed by atoms with Crippen molar-refractivity contribution in [2.75, 3.05) is 5.32 Å². The molecular weight excluding hydrogens is 241 g/mol.